The summed E-state index contributed by atoms with van der Waals surface area (Å²) in [5.41, 5.74) is 1.28. The smallest absolute Gasteiger partial charge is 0.171 e. The Hall–Kier alpha value is -6.66. The lowest BCUT2D eigenvalue weighted by Crippen LogP contribution is -2.38. The van der Waals surface area contributed by atoms with Gasteiger partial charge in [0.05, 0.1) is 10.8 Å². The predicted molar refractivity (Wildman–Crippen MR) is 608 cm³/mol. The van der Waals surface area contributed by atoms with Gasteiger partial charge >= 0.3 is 12.4 Å². The molecule has 0 nitrogen and oxygen atoms in total. The van der Waals surface area contributed by atoms with Crippen LogP contribution in [0.4, 0.5) is 26.3 Å². The molecule has 8 aromatic carbocycles. The first-order valence-corrected chi connectivity index (χ1v) is 49.5. The van der Waals surface area contributed by atoms with Crippen LogP contribution in [0.5, 0.6) is 0 Å². The van der Waals surface area contributed by atoms with Gasteiger partial charge in [0.1, 0.15) is 0 Å². The maximum Gasteiger partial charge on any atom is 0.394 e. The lowest BCUT2D eigenvalue weighted by Gasteiger charge is -2.39. The van der Waals surface area contributed by atoms with E-state index in [1.165, 1.54) is 42.0 Å². The van der Waals surface area contributed by atoms with Gasteiger partial charge in [-0.25, -0.2) is 0 Å². The maximum atomic E-state index is 13.8. The van der Waals surface area contributed by atoms with E-state index in [9.17, 15) is 26.3 Å². The largest absolute Gasteiger partial charge is 0.394 e. The number of hydrogen-bond acceptors (Lipinski definition) is 0. The molecule has 0 heterocycles. The minimum Gasteiger partial charge on any atom is -0.171 e. The zero-order chi connectivity index (χ0) is 139. The minimum absolute atomic E-state index is 0.0119. The number of hydrogen-bond donors (Lipinski definition) is 0. The van der Waals surface area contributed by atoms with Crippen molar-refractivity contribution in [2.75, 3.05) is 0 Å². The molecule has 4 atom stereocenters. The van der Waals surface area contributed by atoms with E-state index >= 15 is 0 Å². The van der Waals surface area contributed by atoms with Crippen LogP contribution in [-0.4, -0.2) is 12.4 Å². The number of rotatable bonds is 18. The highest BCUT2D eigenvalue weighted by atomic mass is 19.4. The molecular weight excluding hydrogens is 1710 g/mol. The second-order valence-electron chi connectivity index (χ2n) is 50.5. The van der Waals surface area contributed by atoms with Crippen molar-refractivity contribution < 1.29 is 72.9 Å². The average Bonchev–Trinajstić information content (AvgIpc) is 0.713. The molecule has 0 aliphatic carbocycles. The van der Waals surface area contributed by atoms with Gasteiger partial charge in [-0.2, -0.15) is 26.3 Å². The third-order valence-corrected chi connectivity index (χ3v) is 23.7. The van der Waals surface area contributed by atoms with Crippen molar-refractivity contribution in [3.05, 3.63) is 281 Å². The summed E-state index contributed by atoms with van der Waals surface area (Å²) >= 11 is 0. The van der Waals surface area contributed by atoms with Gasteiger partial charge in [0.15, 0.2) is 0 Å². The van der Waals surface area contributed by atoms with Crippen LogP contribution in [0.1, 0.15) is 579 Å². The molecule has 0 aliphatic heterocycles. The van der Waals surface area contributed by atoms with Crippen molar-refractivity contribution >= 4 is 0 Å². The van der Waals surface area contributed by atoms with Gasteiger partial charge in [0.25, 0.3) is 0 Å². The van der Waals surface area contributed by atoms with E-state index in [1.54, 1.807) is 59.7 Å². The Balaban J connectivity index is 0.000001000. The molecule has 0 radical (unpaired) electrons. The van der Waals surface area contributed by atoms with Gasteiger partial charge in [0.2, 0.25) is 0 Å². The molecule has 4 unspecified atom stereocenters. The molecule has 139 heavy (non-hydrogen) atoms. The summed E-state index contributed by atoms with van der Waals surface area (Å²) in [7, 11) is 0. The van der Waals surface area contributed by atoms with Crippen LogP contribution in [0.15, 0.2) is 170 Å². The van der Waals surface area contributed by atoms with Gasteiger partial charge in [-0.1, -0.05) is 543 Å². The number of halogens is 6. The topological polar surface area (TPSA) is 0 Å². The monoisotopic (exact) mass is 1960 g/mol. The zero-order valence-corrected chi connectivity index (χ0v) is 95.7. The Morgan fingerprint density at radius 2 is 0.554 bits per heavy atom. The lowest BCUT2D eigenvalue weighted by molar-refractivity contribution is -0.218. The normalized spacial score (nSPS) is 19.7. The second kappa shape index (κ2) is 51.9. The summed E-state index contributed by atoms with van der Waals surface area (Å²) in [5.74, 6) is -12.9. The fraction of sp³-hybridized carbons (Fsp3) is 0.639. The summed E-state index contributed by atoms with van der Waals surface area (Å²) < 4.78 is 359. The van der Waals surface area contributed by atoms with Crippen molar-refractivity contribution in [1.82, 2.24) is 0 Å². The molecule has 6 heteroatoms. The van der Waals surface area contributed by atoms with E-state index in [-0.39, 0.29) is 83.6 Å². The van der Waals surface area contributed by atoms with Crippen molar-refractivity contribution in [3.8, 4) is 0 Å². The SMILES string of the molecule is [2H]C(C)(C)c1ccccc1C(C)(C)C.[2H]C([2H])([2H])C([2H])(c1cccc(C([2H])(C([2H])([2H])[2H])C([2H])([2H])C)c1C(C)(C)C)C([2H])([2H])[2H].[2H]C([2H])([2H])C([2H])(c1ccccc1C(C)(C)C)C([2H])([2H])[2H].[2H]C([2H])(c1cccc(C([2H])(C)C(C)(C)C(F)(F)F)c1C(C)(C)C)C(C)(C)C(F)(F)F.[2H]C([2H])(c1cccc(C([2H])(C)C(C)(C)C)c1C(C)(C)C)C(C)(C)C.[2H]C([2H])(c1cccc(C([2H])(C)C(C)C)c1C(C)(C)C)C(C)C.[2H]C([2H])(c1ccccc1C(C)(C)C)C(C)(C)C.[2H]C([2H])(c1ccccc1C(C)(C)C)C(C)C. The van der Waals surface area contributed by atoms with Crippen LogP contribution >= 0.6 is 0 Å². The highest BCUT2D eigenvalue weighted by molar-refractivity contribution is 5.48. The molecular formula is C133H212F6. The second-order valence-corrected chi connectivity index (χ2v) is 50.5. The molecule has 0 amide bonds. The molecule has 0 aliphatic rings. The van der Waals surface area contributed by atoms with Gasteiger partial charge in [-0.15, -0.1) is 0 Å². The fourth-order valence-electron chi connectivity index (χ4n) is 15.8. The molecule has 8 rings (SSSR count). The molecule has 0 N–H and O–H groups in total. The third kappa shape index (κ3) is 42.1. The van der Waals surface area contributed by atoms with Gasteiger partial charge in [-0.3, -0.25) is 0 Å². The maximum absolute atomic E-state index is 13.8. The Kier molecular flexibility index (Phi) is 30.8. The van der Waals surface area contributed by atoms with Crippen molar-refractivity contribution in [1.29, 1.82) is 0 Å². The van der Waals surface area contributed by atoms with Gasteiger partial charge in [0, 0.05) is 46.6 Å². The fourth-order valence-corrected chi connectivity index (χ4v) is 15.8. The summed E-state index contributed by atoms with van der Waals surface area (Å²) in [6.45, 7) is 74.1. The van der Waals surface area contributed by atoms with Gasteiger partial charge in [-0.05, 0) is 268 Å². The van der Waals surface area contributed by atoms with E-state index < -0.39 is 170 Å². The molecule has 0 bridgehead atoms. The molecule has 0 saturated heterocycles. The first kappa shape index (κ1) is 82.5. The summed E-state index contributed by atoms with van der Waals surface area (Å²) in [6, 6.07) is 49.3. The first-order chi connectivity index (χ1) is 75.4. The molecule has 8 aromatic rings. The van der Waals surface area contributed by atoms with Crippen molar-refractivity contribution in [2.24, 2.45) is 44.8 Å². The van der Waals surface area contributed by atoms with Crippen LogP contribution < -0.4 is 0 Å². The van der Waals surface area contributed by atoms with Crippen LogP contribution in [0, 0.1) is 44.8 Å². The predicted octanol–water partition coefficient (Wildman–Crippen LogP) is 43.1. The van der Waals surface area contributed by atoms with E-state index in [1.807, 2.05) is 209 Å². The third-order valence-electron chi connectivity index (χ3n) is 23.7. The highest BCUT2D eigenvalue weighted by Crippen LogP contribution is 2.53. The quantitative estimate of drug-likeness (QED) is 0.0751. The van der Waals surface area contributed by atoms with E-state index in [2.05, 4.69) is 157 Å². The van der Waals surface area contributed by atoms with E-state index in [0.717, 1.165) is 109 Å². The molecule has 0 saturated carbocycles. The number of alkyl halides is 6. The first-order valence-electron chi connectivity index (χ1n) is 66.5. The summed E-state index contributed by atoms with van der Waals surface area (Å²) in [5, 5.41) is 0. The molecule has 0 aromatic heterocycles. The Morgan fingerprint density at radius 3 is 0.885 bits per heavy atom. The average molecular weight is 1960 g/mol. The minimum atomic E-state index is -4.91. The van der Waals surface area contributed by atoms with Crippen LogP contribution in [0.2, 0.25) is 0 Å². The molecule has 786 valence electrons. The Bertz CT molecular complexity index is 6290. The van der Waals surface area contributed by atoms with E-state index in [0.29, 0.717) is 5.56 Å². The van der Waals surface area contributed by atoms with Crippen molar-refractivity contribution in [3.63, 3.8) is 0 Å². The lowest BCUT2D eigenvalue weighted by atomic mass is 9.68. The van der Waals surface area contributed by atoms with Crippen LogP contribution in [0.3, 0.4) is 0 Å². The summed E-state index contributed by atoms with van der Waals surface area (Å²) in [6.07, 6.45) is -20.7. The number of benzene rings is 8. The van der Waals surface area contributed by atoms with Gasteiger partial charge < -0.3 is 0 Å². The standard InChI is InChI=1S/C21H30F6.C21H36.C19H32.C17H28.C15H24.C14H22.2C13H20/c1-13(19(7,8)21(25,26)27)15-11-9-10-14(16(15)17(2,3)4)12-18(5,6)20(22,23)24;1-15(20(5,6)7)17-13-11-12-16(14-19(2,3)4)18(17)21(8,9)10;1-13(2)12-16-10-9-11-17(15(5)14(3)4)18(16)19(6,7)8;1-8-13(4)15-11-9-10-14(12(2)3)16(15)17(5,6)7;1-14(2,3)11-12-9-7-8-10-13(12)15(4,5)6;1-11(2)10-12-8-6-7-9-13(12)14(3,4)5;2*1-10(2)11-8-6-7-9-12(11)13(3,4)5/h9-11,13H,12H2,1-8H3;11-13,15H,14H2,1-10H3;9-11,13-15H,12H2,1-8H3;9-13H,8H2,1-7H3;7-10H,11H2,1-6H3;6-9,11H,10H2,1-5H3;2*6-10H,1-5H3/i12D2,13D;14D2,15D;12D2,15D;2D3,3D3,4D3,8D2,12D,13D;11D2;10D2;1D3,2D3,10D;10D. The zero-order valence-electron chi connectivity index (χ0n) is 130. The summed E-state index contributed by atoms with van der Waals surface area (Å²) in [4.78, 5) is 0. The van der Waals surface area contributed by atoms with Crippen molar-refractivity contribution in [2.45, 2.75) is 509 Å². The van der Waals surface area contributed by atoms with E-state index in [4.69, 9.17) is 46.6 Å². The molecule has 0 spiro atoms. The molecule has 0 fully saturated rings. The Labute approximate surface area is 904 Å². The Morgan fingerprint density at radius 1 is 0.266 bits per heavy atom. The van der Waals surface area contributed by atoms with Crippen LogP contribution in [-0.2, 0) is 75.2 Å². The van der Waals surface area contributed by atoms with Crippen LogP contribution in [0.25, 0.3) is 0 Å². The highest BCUT2D eigenvalue weighted by Gasteiger charge is 2.53.